The Labute approximate surface area is 109 Å². The Hall–Kier alpha value is -1.50. The molecule has 0 bridgehead atoms. The summed E-state index contributed by atoms with van der Waals surface area (Å²) in [4.78, 5) is 2.61. The van der Waals surface area contributed by atoms with Gasteiger partial charge in [-0.2, -0.15) is 0 Å². The molecule has 2 aromatic carbocycles. The van der Waals surface area contributed by atoms with Crippen molar-refractivity contribution in [3.05, 3.63) is 42.5 Å². The summed E-state index contributed by atoms with van der Waals surface area (Å²) in [5.41, 5.74) is 1.42. The third-order valence-corrected chi connectivity index (χ3v) is 4.18. The zero-order valence-electron chi connectivity index (χ0n) is 11.1. The summed E-state index contributed by atoms with van der Waals surface area (Å²) in [6.45, 7) is 3.39. The van der Waals surface area contributed by atoms with Gasteiger partial charge in [-0.15, -0.1) is 0 Å². The maximum absolute atomic E-state index is 2.61. The Bertz CT molecular complexity index is 521. The van der Waals surface area contributed by atoms with E-state index >= 15 is 0 Å². The summed E-state index contributed by atoms with van der Waals surface area (Å²) in [5, 5.41) is 2.75. The van der Waals surface area contributed by atoms with Crippen molar-refractivity contribution >= 4 is 16.5 Å². The topological polar surface area (TPSA) is 3.24 Å². The second kappa shape index (κ2) is 5.01. The van der Waals surface area contributed by atoms with E-state index in [4.69, 9.17) is 0 Å². The molecule has 0 radical (unpaired) electrons. The third-order valence-electron chi connectivity index (χ3n) is 4.18. The van der Waals surface area contributed by atoms with Crippen LogP contribution in [0.15, 0.2) is 42.5 Å². The van der Waals surface area contributed by atoms with Gasteiger partial charge in [0.15, 0.2) is 0 Å². The fraction of sp³-hybridized carbons (Fsp3) is 0.412. The molecule has 0 aliphatic heterocycles. The highest BCUT2D eigenvalue weighted by molar-refractivity contribution is 5.94. The zero-order valence-corrected chi connectivity index (χ0v) is 11.1. The highest BCUT2D eigenvalue weighted by atomic mass is 15.2. The number of nitrogens with zero attached hydrogens (tertiary/aromatic N) is 1. The molecular weight excluding hydrogens is 218 g/mol. The maximum Gasteiger partial charge on any atom is 0.0448 e. The largest absolute Gasteiger partial charge is 0.368 e. The smallest absolute Gasteiger partial charge is 0.0448 e. The fourth-order valence-corrected chi connectivity index (χ4v) is 3.30. The van der Waals surface area contributed by atoms with Gasteiger partial charge in [0.05, 0.1) is 0 Å². The average molecular weight is 239 g/mol. The fourth-order valence-electron chi connectivity index (χ4n) is 3.30. The molecular formula is C17H21N. The highest BCUT2D eigenvalue weighted by Crippen LogP contribution is 2.32. The molecule has 1 heteroatoms. The molecule has 0 saturated heterocycles. The molecule has 0 N–H and O–H groups in total. The van der Waals surface area contributed by atoms with Crippen LogP contribution in [-0.2, 0) is 0 Å². The van der Waals surface area contributed by atoms with Crippen LogP contribution < -0.4 is 4.90 Å². The molecule has 0 aromatic heterocycles. The van der Waals surface area contributed by atoms with E-state index in [1.165, 1.54) is 42.1 Å². The normalized spacial score (nSPS) is 16.3. The van der Waals surface area contributed by atoms with Crippen molar-refractivity contribution < 1.29 is 0 Å². The number of hydrogen-bond acceptors (Lipinski definition) is 1. The Kier molecular flexibility index (Phi) is 3.22. The molecule has 1 aliphatic rings. The van der Waals surface area contributed by atoms with E-state index in [1.54, 1.807) is 0 Å². The van der Waals surface area contributed by atoms with Crippen LogP contribution in [0.25, 0.3) is 10.8 Å². The van der Waals surface area contributed by atoms with Crippen molar-refractivity contribution in [2.75, 3.05) is 11.4 Å². The molecule has 0 heterocycles. The monoisotopic (exact) mass is 239 g/mol. The van der Waals surface area contributed by atoms with Crippen molar-refractivity contribution in [3.8, 4) is 0 Å². The van der Waals surface area contributed by atoms with Gasteiger partial charge in [-0.25, -0.2) is 0 Å². The standard InChI is InChI=1S/C17H21N/c1-2-18(15-10-4-5-11-15)17-13-7-9-14-8-3-6-12-16(14)17/h3,6-9,12-13,15H,2,4-5,10-11H2,1H3. The molecule has 1 nitrogen and oxygen atoms in total. The van der Waals surface area contributed by atoms with Crippen LogP contribution >= 0.6 is 0 Å². The number of fused-ring (bicyclic) bond motifs is 1. The molecule has 18 heavy (non-hydrogen) atoms. The average Bonchev–Trinajstić information content (AvgIpc) is 2.94. The molecule has 0 unspecified atom stereocenters. The lowest BCUT2D eigenvalue weighted by Crippen LogP contribution is -2.33. The molecule has 1 saturated carbocycles. The molecule has 1 fully saturated rings. The first-order valence-corrected chi connectivity index (χ1v) is 7.14. The maximum atomic E-state index is 2.61. The predicted octanol–water partition coefficient (Wildman–Crippen LogP) is 4.61. The molecule has 0 amide bonds. The van der Waals surface area contributed by atoms with Crippen molar-refractivity contribution in [2.24, 2.45) is 0 Å². The van der Waals surface area contributed by atoms with Crippen LogP contribution in [0.4, 0.5) is 5.69 Å². The van der Waals surface area contributed by atoms with Crippen LogP contribution in [0.1, 0.15) is 32.6 Å². The Morgan fingerprint density at radius 2 is 1.72 bits per heavy atom. The van der Waals surface area contributed by atoms with Gasteiger partial charge in [0.1, 0.15) is 0 Å². The van der Waals surface area contributed by atoms with Crippen LogP contribution in [-0.4, -0.2) is 12.6 Å². The molecule has 0 atom stereocenters. The minimum Gasteiger partial charge on any atom is -0.368 e. The van der Waals surface area contributed by atoms with E-state index < -0.39 is 0 Å². The van der Waals surface area contributed by atoms with E-state index in [0.717, 1.165) is 12.6 Å². The summed E-state index contributed by atoms with van der Waals surface area (Å²) >= 11 is 0. The first kappa shape index (κ1) is 11.6. The van der Waals surface area contributed by atoms with Gasteiger partial charge in [0.2, 0.25) is 0 Å². The number of benzene rings is 2. The Morgan fingerprint density at radius 3 is 2.50 bits per heavy atom. The van der Waals surface area contributed by atoms with E-state index in [0.29, 0.717) is 0 Å². The third kappa shape index (κ3) is 1.98. The lowest BCUT2D eigenvalue weighted by atomic mass is 10.1. The van der Waals surface area contributed by atoms with Gasteiger partial charge >= 0.3 is 0 Å². The van der Waals surface area contributed by atoms with Gasteiger partial charge in [-0.1, -0.05) is 49.2 Å². The predicted molar refractivity (Wildman–Crippen MR) is 79.2 cm³/mol. The lowest BCUT2D eigenvalue weighted by Gasteiger charge is -2.31. The summed E-state index contributed by atoms with van der Waals surface area (Å²) in [7, 11) is 0. The molecule has 2 aromatic rings. The van der Waals surface area contributed by atoms with Crippen LogP contribution in [0.5, 0.6) is 0 Å². The van der Waals surface area contributed by atoms with Gasteiger partial charge < -0.3 is 4.90 Å². The lowest BCUT2D eigenvalue weighted by molar-refractivity contribution is 0.621. The second-order valence-electron chi connectivity index (χ2n) is 5.22. The Balaban J connectivity index is 2.06. The molecule has 0 spiro atoms. The summed E-state index contributed by atoms with van der Waals surface area (Å²) in [6, 6.07) is 16.2. The first-order chi connectivity index (χ1) is 8.90. The van der Waals surface area contributed by atoms with E-state index in [9.17, 15) is 0 Å². The minimum absolute atomic E-state index is 0.751. The zero-order chi connectivity index (χ0) is 12.4. The first-order valence-electron chi connectivity index (χ1n) is 7.14. The highest BCUT2D eigenvalue weighted by Gasteiger charge is 2.22. The second-order valence-corrected chi connectivity index (χ2v) is 5.22. The van der Waals surface area contributed by atoms with Gasteiger partial charge in [-0.05, 0) is 31.2 Å². The van der Waals surface area contributed by atoms with Crippen molar-refractivity contribution in [2.45, 2.75) is 38.6 Å². The quantitative estimate of drug-likeness (QED) is 0.756. The van der Waals surface area contributed by atoms with Crippen molar-refractivity contribution in [1.82, 2.24) is 0 Å². The van der Waals surface area contributed by atoms with E-state index in [1.807, 2.05) is 0 Å². The number of anilines is 1. The Morgan fingerprint density at radius 1 is 1.00 bits per heavy atom. The van der Waals surface area contributed by atoms with Gasteiger partial charge in [0.25, 0.3) is 0 Å². The molecule has 94 valence electrons. The van der Waals surface area contributed by atoms with Crippen LogP contribution in [0.3, 0.4) is 0 Å². The number of hydrogen-bond donors (Lipinski definition) is 0. The van der Waals surface area contributed by atoms with Crippen molar-refractivity contribution in [3.63, 3.8) is 0 Å². The minimum atomic E-state index is 0.751. The van der Waals surface area contributed by atoms with Gasteiger partial charge in [0, 0.05) is 23.7 Å². The SMILES string of the molecule is CCN(c1cccc2ccccc12)C1CCCC1. The molecule has 1 aliphatic carbocycles. The summed E-state index contributed by atoms with van der Waals surface area (Å²) in [6.07, 6.45) is 5.51. The number of rotatable bonds is 3. The van der Waals surface area contributed by atoms with E-state index in [-0.39, 0.29) is 0 Å². The van der Waals surface area contributed by atoms with Crippen LogP contribution in [0.2, 0.25) is 0 Å². The summed E-state index contributed by atoms with van der Waals surface area (Å²) in [5.74, 6) is 0. The van der Waals surface area contributed by atoms with Crippen molar-refractivity contribution in [1.29, 1.82) is 0 Å². The van der Waals surface area contributed by atoms with Gasteiger partial charge in [-0.3, -0.25) is 0 Å². The summed E-state index contributed by atoms with van der Waals surface area (Å²) < 4.78 is 0. The van der Waals surface area contributed by atoms with E-state index in [2.05, 4.69) is 54.3 Å². The van der Waals surface area contributed by atoms with Crippen LogP contribution in [0, 0.1) is 0 Å². The molecule has 3 rings (SSSR count).